The summed E-state index contributed by atoms with van der Waals surface area (Å²) in [6.07, 6.45) is 0. The summed E-state index contributed by atoms with van der Waals surface area (Å²) in [5.74, 6) is 0.894. The Balaban J connectivity index is 2.22. The molecule has 0 aliphatic heterocycles. The van der Waals surface area contributed by atoms with Gasteiger partial charge in [-0.2, -0.15) is 11.3 Å². The molecule has 2 aromatic heterocycles. The number of ether oxygens (including phenoxy) is 1. The normalized spacial score (nSPS) is 11.7. The largest absolute Gasteiger partial charge is 0.495 e. The van der Waals surface area contributed by atoms with Gasteiger partial charge in [0.05, 0.1) is 11.8 Å². The number of hydrogen-bond donors (Lipinski definition) is 0. The first-order chi connectivity index (χ1) is 9.65. The average molecular weight is 290 g/mol. The van der Waals surface area contributed by atoms with Crippen LogP contribution in [0, 0.1) is 0 Å². The molecule has 4 rings (SSSR count). The summed E-state index contributed by atoms with van der Waals surface area (Å²) in [6.45, 7) is 0. The summed E-state index contributed by atoms with van der Waals surface area (Å²) in [5, 5.41) is 4.54. The first-order valence-corrected chi connectivity index (χ1v) is 7.78. The van der Waals surface area contributed by atoms with Gasteiger partial charge < -0.3 is 4.74 Å². The van der Waals surface area contributed by atoms with E-state index in [1.807, 2.05) is 12.1 Å². The third kappa shape index (κ3) is 1.70. The lowest BCUT2D eigenvalue weighted by molar-refractivity contribution is 0.425. The van der Waals surface area contributed by atoms with Crippen molar-refractivity contribution in [3.05, 3.63) is 30.3 Å². The van der Waals surface area contributed by atoms with Gasteiger partial charge in [0.1, 0.15) is 21.4 Å². The van der Waals surface area contributed by atoms with E-state index in [1.54, 1.807) is 29.8 Å². The van der Waals surface area contributed by atoms with Gasteiger partial charge in [-0.25, -0.2) is 0 Å². The van der Waals surface area contributed by atoms with Crippen molar-refractivity contribution in [3.63, 3.8) is 0 Å². The zero-order valence-electron chi connectivity index (χ0n) is 10.8. The lowest BCUT2D eigenvalue weighted by atomic mass is 10.0. The standard InChI is InChI=1S/C15H8B2OS2/c1-18-14-10-3-8-5-12(16)19-11(8)4-7(10)2-9-6-13(17)20-15(9)14/h2-6H,1H3. The first kappa shape index (κ1) is 12.3. The molecule has 0 fully saturated rings. The Bertz CT molecular complexity index is 963. The minimum Gasteiger partial charge on any atom is -0.495 e. The van der Waals surface area contributed by atoms with Gasteiger partial charge in [-0.1, -0.05) is 12.1 Å². The van der Waals surface area contributed by atoms with Crippen LogP contribution in [0.3, 0.4) is 0 Å². The van der Waals surface area contributed by atoms with E-state index < -0.39 is 0 Å². The highest BCUT2D eigenvalue weighted by Crippen LogP contribution is 2.39. The molecule has 4 radical (unpaired) electrons. The zero-order chi connectivity index (χ0) is 13.9. The summed E-state index contributed by atoms with van der Waals surface area (Å²) < 4.78 is 9.57. The van der Waals surface area contributed by atoms with Crippen LogP contribution in [0.2, 0.25) is 0 Å². The van der Waals surface area contributed by atoms with Crippen molar-refractivity contribution in [1.82, 2.24) is 0 Å². The van der Waals surface area contributed by atoms with Crippen molar-refractivity contribution >= 4 is 78.9 Å². The molecule has 2 aromatic carbocycles. The number of fused-ring (bicyclic) bond motifs is 3. The molecule has 0 bridgehead atoms. The smallest absolute Gasteiger partial charge is 0.144 e. The lowest BCUT2D eigenvalue weighted by Gasteiger charge is -2.07. The molecule has 92 valence electrons. The monoisotopic (exact) mass is 290 g/mol. The van der Waals surface area contributed by atoms with Crippen LogP contribution in [0.4, 0.5) is 0 Å². The quantitative estimate of drug-likeness (QED) is 0.490. The van der Waals surface area contributed by atoms with Crippen molar-refractivity contribution in [2.75, 3.05) is 7.11 Å². The van der Waals surface area contributed by atoms with Gasteiger partial charge in [0.2, 0.25) is 0 Å². The molecule has 0 unspecified atom stereocenters. The molecule has 20 heavy (non-hydrogen) atoms. The summed E-state index contributed by atoms with van der Waals surface area (Å²) in [5.41, 5.74) is 0. The Morgan fingerprint density at radius 1 is 0.850 bits per heavy atom. The van der Waals surface area contributed by atoms with Gasteiger partial charge in [-0.3, -0.25) is 0 Å². The predicted octanol–water partition coefficient (Wildman–Crippen LogP) is 2.87. The Labute approximate surface area is 127 Å². The third-order valence-electron chi connectivity index (χ3n) is 3.45. The van der Waals surface area contributed by atoms with Crippen LogP contribution in [0.1, 0.15) is 0 Å². The molecule has 0 aliphatic carbocycles. The van der Waals surface area contributed by atoms with Gasteiger partial charge >= 0.3 is 0 Å². The van der Waals surface area contributed by atoms with E-state index in [-0.39, 0.29) is 0 Å². The predicted molar refractivity (Wildman–Crippen MR) is 92.0 cm³/mol. The van der Waals surface area contributed by atoms with E-state index in [2.05, 4.69) is 18.2 Å². The van der Waals surface area contributed by atoms with Crippen LogP contribution in [-0.4, -0.2) is 22.8 Å². The Kier molecular flexibility index (Phi) is 2.63. The molecule has 5 heteroatoms. The summed E-state index contributed by atoms with van der Waals surface area (Å²) in [6, 6.07) is 10.5. The van der Waals surface area contributed by atoms with Crippen LogP contribution in [-0.2, 0) is 0 Å². The van der Waals surface area contributed by atoms with Crippen molar-refractivity contribution in [3.8, 4) is 5.75 Å². The molecule has 0 spiro atoms. The Morgan fingerprint density at radius 2 is 1.60 bits per heavy atom. The highest BCUT2D eigenvalue weighted by Gasteiger charge is 2.12. The molecule has 0 saturated heterocycles. The number of benzene rings is 2. The highest BCUT2D eigenvalue weighted by molar-refractivity contribution is 7.27. The second-order valence-corrected chi connectivity index (χ2v) is 6.94. The molecule has 0 aliphatic rings. The van der Waals surface area contributed by atoms with Gasteiger partial charge in [0, 0.05) is 10.1 Å². The number of hydrogen-bond acceptors (Lipinski definition) is 3. The molecule has 0 saturated carbocycles. The zero-order valence-corrected chi connectivity index (χ0v) is 12.4. The third-order valence-corrected chi connectivity index (χ3v) is 5.36. The van der Waals surface area contributed by atoms with E-state index in [4.69, 9.17) is 20.4 Å². The van der Waals surface area contributed by atoms with Crippen molar-refractivity contribution in [1.29, 1.82) is 0 Å². The van der Waals surface area contributed by atoms with Crippen molar-refractivity contribution in [2.24, 2.45) is 0 Å². The van der Waals surface area contributed by atoms with Crippen molar-refractivity contribution < 1.29 is 4.74 Å². The van der Waals surface area contributed by atoms with Crippen LogP contribution < -0.4 is 14.3 Å². The molecular weight excluding hydrogens is 282 g/mol. The molecule has 4 aromatic rings. The minimum atomic E-state index is 0.805. The van der Waals surface area contributed by atoms with E-state index >= 15 is 0 Å². The molecule has 0 N–H and O–H groups in total. The Hall–Kier alpha value is -1.45. The van der Waals surface area contributed by atoms with Gasteiger partial charge in [-0.05, 0) is 43.9 Å². The molecule has 1 nitrogen and oxygen atoms in total. The summed E-state index contributed by atoms with van der Waals surface area (Å²) >= 11 is 3.17. The topological polar surface area (TPSA) is 9.23 Å². The average Bonchev–Trinajstić information content (AvgIpc) is 2.93. The Morgan fingerprint density at radius 3 is 2.40 bits per heavy atom. The fourth-order valence-corrected chi connectivity index (χ4v) is 4.45. The number of rotatable bonds is 1. The lowest BCUT2D eigenvalue weighted by Crippen LogP contribution is -1.88. The first-order valence-electron chi connectivity index (χ1n) is 6.14. The molecular formula is C15H8B2OS2. The van der Waals surface area contributed by atoms with Crippen LogP contribution in [0.5, 0.6) is 5.75 Å². The second-order valence-electron chi connectivity index (χ2n) is 4.74. The van der Waals surface area contributed by atoms with Crippen LogP contribution >= 0.6 is 22.7 Å². The maximum Gasteiger partial charge on any atom is 0.144 e. The fourth-order valence-electron chi connectivity index (χ4n) is 2.64. The van der Waals surface area contributed by atoms with E-state index in [0.29, 0.717) is 0 Å². The SMILES string of the molecule is [B]c1cc2cc3c(OC)c4sc([B])cc4cc3cc2s1. The minimum absolute atomic E-state index is 0.805. The highest BCUT2D eigenvalue weighted by atomic mass is 32.1. The molecule has 2 heterocycles. The maximum absolute atomic E-state index is 5.92. The van der Waals surface area contributed by atoms with Crippen molar-refractivity contribution in [2.45, 2.75) is 0 Å². The molecule has 0 amide bonds. The van der Waals surface area contributed by atoms with E-state index in [1.165, 1.54) is 4.70 Å². The van der Waals surface area contributed by atoms with Gasteiger partial charge in [0.25, 0.3) is 0 Å². The van der Waals surface area contributed by atoms with E-state index in [9.17, 15) is 0 Å². The molecule has 0 atom stereocenters. The number of thiophene rings is 2. The number of methoxy groups -OCH3 is 1. The van der Waals surface area contributed by atoms with Gasteiger partial charge in [-0.15, -0.1) is 11.3 Å². The maximum atomic E-state index is 5.92. The van der Waals surface area contributed by atoms with Crippen LogP contribution in [0.15, 0.2) is 30.3 Å². The fraction of sp³-hybridized carbons (Fsp3) is 0.0667. The van der Waals surface area contributed by atoms with E-state index in [0.717, 1.165) is 41.5 Å². The van der Waals surface area contributed by atoms with Gasteiger partial charge in [0.15, 0.2) is 0 Å². The summed E-state index contributed by atoms with van der Waals surface area (Å²) in [7, 11) is 13.5. The second kappa shape index (κ2) is 4.27. The summed E-state index contributed by atoms with van der Waals surface area (Å²) in [4.78, 5) is 0. The van der Waals surface area contributed by atoms with Crippen LogP contribution in [0.25, 0.3) is 30.9 Å².